The number of rotatable bonds is 1. The van der Waals surface area contributed by atoms with E-state index in [2.05, 4.69) is 31.0 Å². The molecule has 0 fully saturated rings. The number of nitrogens with zero attached hydrogens (tertiary/aromatic N) is 2. The van der Waals surface area contributed by atoms with Gasteiger partial charge in [0.25, 0.3) is 0 Å². The van der Waals surface area contributed by atoms with E-state index in [0.29, 0.717) is 12.0 Å². The van der Waals surface area contributed by atoms with Crippen molar-refractivity contribution in [3.8, 4) is 0 Å². The fourth-order valence-corrected chi connectivity index (χ4v) is 1.16. The van der Waals surface area contributed by atoms with E-state index in [1.807, 2.05) is 6.92 Å². The molecule has 0 aromatic carbocycles. The zero-order valence-electron chi connectivity index (χ0n) is 7.05. The molecule has 1 aliphatic heterocycles. The van der Waals surface area contributed by atoms with Crippen LogP contribution in [0.3, 0.4) is 0 Å². The van der Waals surface area contributed by atoms with Gasteiger partial charge in [0.05, 0.1) is 11.7 Å². The zero-order chi connectivity index (χ0) is 7.72. The topological polar surface area (TPSA) is 24.7 Å². The van der Waals surface area contributed by atoms with Gasteiger partial charge < -0.3 is 0 Å². The lowest BCUT2D eigenvalue weighted by molar-refractivity contribution is 0.547. The smallest absolute Gasteiger partial charge is 0.0963 e. The summed E-state index contributed by atoms with van der Waals surface area (Å²) < 4.78 is 0. The second-order valence-electron chi connectivity index (χ2n) is 3.17. The lowest BCUT2D eigenvalue weighted by Gasteiger charge is -2.10. The van der Waals surface area contributed by atoms with Crippen molar-refractivity contribution in [3.05, 3.63) is 11.3 Å². The van der Waals surface area contributed by atoms with Crippen LogP contribution in [0, 0.1) is 5.92 Å². The zero-order valence-corrected chi connectivity index (χ0v) is 7.05. The molecule has 0 aliphatic carbocycles. The summed E-state index contributed by atoms with van der Waals surface area (Å²) in [6.07, 6.45) is 0. The Balaban J connectivity index is 2.78. The first-order valence-electron chi connectivity index (χ1n) is 3.71. The first-order chi connectivity index (χ1) is 4.63. The minimum Gasteiger partial charge on any atom is -0.181 e. The standard InChI is InChI=1S/C8H14N2/c1-5(2)8-6(3)7(4)9-10-8/h5,8H,1-4H3. The van der Waals surface area contributed by atoms with Crippen LogP contribution in [0.25, 0.3) is 0 Å². The maximum atomic E-state index is 4.15. The maximum Gasteiger partial charge on any atom is 0.0963 e. The average molecular weight is 138 g/mol. The summed E-state index contributed by atoms with van der Waals surface area (Å²) in [4.78, 5) is 0. The molecule has 10 heavy (non-hydrogen) atoms. The molecular weight excluding hydrogens is 124 g/mol. The highest BCUT2D eigenvalue weighted by atomic mass is 15.2. The first-order valence-corrected chi connectivity index (χ1v) is 3.71. The molecule has 0 saturated carbocycles. The van der Waals surface area contributed by atoms with Crippen LogP contribution < -0.4 is 0 Å². The van der Waals surface area contributed by atoms with Gasteiger partial charge in [-0.15, -0.1) is 0 Å². The Labute approximate surface area is 62.0 Å². The van der Waals surface area contributed by atoms with Crippen LogP contribution in [-0.2, 0) is 0 Å². The summed E-state index contributed by atoms with van der Waals surface area (Å²) in [6, 6.07) is 0.347. The van der Waals surface area contributed by atoms with Crippen LogP contribution in [0.5, 0.6) is 0 Å². The third-order valence-corrected chi connectivity index (χ3v) is 1.98. The van der Waals surface area contributed by atoms with Crippen LogP contribution in [-0.4, -0.2) is 6.04 Å². The van der Waals surface area contributed by atoms with Crippen molar-refractivity contribution in [1.82, 2.24) is 0 Å². The summed E-state index contributed by atoms with van der Waals surface area (Å²) in [7, 11) is 0. The van der Waals surface area contributed by atoms with E-state index < -0.39 is 0 Å². The summed E-state index contributed by atoms with van der Waals surface area (Å²) in [5, 5.41) is 8.17. The Morgan fingerprint density at radius 3 is 2.10 bits per heavy atom. The molecule has 0 bridgehead atoms. The highest BCUT2D eigenvalue weighted by Crippen LogP contribution is 2.25. The molecule has 0 N–H and O–H groups in total. The molecule has 1 unspecified atom stereocenters. The quantitative estimate of drug-likeness (QED) is 0.532. The predicted octanol–water partition coefficient (Wildman–Crippen LogP) is 2.77. The monoisotopic (exact) mass is 138 g/mol. The Morgan fingerprint density at radius 2 is 1.90 bits per heavy atom. The van der Waals surface area contributed by atoms with Gasteiger partial charge in [-0.2, -0.15) is 10.2 Å². The van der Waals surface area contributed by atoms with Gasteiger partial charge >= 0.3 is 0 Å². The SMILES string of the molecule is CC1=C(C)C(C(C)C)N=N1. The molecule has 2 nitrogen and oxygen atoms in total. The van der Waals surface area contributed by atoms with Crippen LogP contribution in [0.2, 0.25) is 0 Å². The van der Waals surface area contributed by atoms with Crippen LogP contribution >= 0.6 is 0 Å². The van der Waals surface area contributed by atoms with Crippen molar-refractivity contribution in [3.63, 3.8) is 0 Å². The molecule has 56 valence electrons. The summed E-state index contributed by atoms with van der Waals surface area (Å²) >= 11 is 0. The van der Waals surface area contributed by atoms with E-state index in [1.54, 1.807) is 0 Å². The fraction of sp³-hybridized carbons (Fsp3) is 0.750. The van der Waals surface area contributed by atoms with Crippen molar-refractivity contribution in [2.24, 2.45) is 16.1 Å². The third-order valence-electron chi connectivity index (χ3n) is 1.98. The highest BCUT2D eigenvalue weighted by Gasteiger charge is 2.20. The molecule has 1 aliphatic rings. The Morgan fingerprint density at radius 1 is 1.30 bits per heavy atom. The summed E-state index contributed by atoms with van der Waals surface area (Å²) in [6.45, 7) is 8.47. The van der Waals surface area contributed by atoms with Gasteiger partial charge in [0.2, 0.25) is 0 Å². The lowest BCUT2D eigenvalue weighted by Crippen LogP contribution is -2.11. The predicted molar refractivity (Wildman–Crippen MR) is 41.9 cm³/mol. The van der Waals surface area contributed by atoms with Gasteiger partial charge in [0.1, 0.15) is 0 Å². The van der Waals surface area contributed by atoms with E-state index in [-0.39, 0.29) is 0 Å². The number of hydrogen-bond acceptors (Lipinski definition) is 2. The van der Waals surface area contributed by atoms with E-state index in [1.165, 1.54) is 5.57 Å². The van der Waals surface area contributed by atoms with Crippen molar-refractivity contribution in [2.75, 3.05) is 0 Å². The fourth-order valence-electron chi connectivity index (χ4n) is 1.16. The highest BCUT2D eigenvalue weighted by molar-refractivity contribution is 5.19. The minimum atomic E-state index is 0.347. The Bertz CT molecular complexity index is 189. The molecule has 0 aromatic heterocycles. The van der Waals surface area contributed by atoms with Gasteiger partial charge in [-0.05, 0) is 25.3 Å². The minimum absolute atomic E-state index is 0.347. The normalized spacial score (nSPS) is 25.1. The maximum absolute atomic E-state index is 4.15. The largest absolute Gasteiger partial charge is 0.181 e. The first kappa shape index (κ1) is 7.45. The molecule has 0 spiro atoms. The second-order valence-corrected chi connectivity index (χ2v) is 3.17. The van der Waals surface area contributed by atoms with E-state index in [0.717, 1.165) is 5.70 Å². The van der Waals surface area contributed by atoms with Gasteiger partial charge in [-0.3, -0.25) is 0 Å². The summed E-state index contributed by atoms with van der Waals surface area (Å²) in [5.41, 5.74) is 2.42. The molecule has 0 radical (unpaired) electrons. The molecule has 1 atom stereocenters. The van der Waals surface area contributed by atoms with Gasteiger partial charge in [0.15, 0.2) is 0 Å². The Hall–Kier alpha value is -0.660. The van der Waals surface area contributed by atoms with E-state index in [4.69, 9.17) is 0 Å². The van der Waals surface area contributed by atoms with Gasteiger partial charge in [0, 0.05) is 0 Å². The van der Waals surface area contributed by atoms with Crippen molar-refractivity contribution in [1.29, 1.82) is 0 Å². The number of hydrogen-bond donors (Lipinski definition) is 0. The Kier molecular flexibility index (Phi) is 1.88. The van der Waals surface area contributed by atoms with Crippen molar-refractivity contribution in [2.45, 2.75) is 33.7 Å². The molecule has 0 saturated heterocycles. The van der Waals surface area contributed by atoms with E-state index in [9.17, 15) is 0 Å². The van der Waals surface area contributed by atoms with Gasteiger partial charge in [-0.25, -0.2) is 0 Å². The van der Waals surface area contributed by atoms with Crippen LogP contribution in [0.15, 0.2) is 21.5 Å². The molecule has 2 heteroatoms. The van der Waals surface area contributed by atoms with Crippen LogP contribution in [0.1, 0.15) is 27.7 Å². The number of azo groups is 1. The van der Waals surface area contributed by atoms with Crippen LogP contribution in [0.4, 0.5) is 0 Å². The molecule has 0 aromatic rings. The average Bonchev–Trinajstić information content (AvgIpc) is 2.14. The van der Waals surface area contributed by atoms with E-state index >= 15 is 0 Å². The molecular formula is C8H14N2. The van der Waals surface area contributed by atoms with Crippen molar-refractivity contribution < 1.29 is 0 Å². The molecule has 0 amide bonds. The third kappa shape index (κ3) is 1.11. The second kappa shape index (κ2) is 2.52. The number of allylic oxidation sites excluding steroid dienone is 1. The lowest BCUT2D eigenvalue weighted by atomic mass is 9.98. The van der Waals surface area contributed by atoms with Crippen molar-refractivity contribution >= 4 is 0 Å². The molecule has 1 heterocycles. The summed E-state index contributed by atoms with van der Waals surface area (Å²) in [5.74, 6) is 0.584. The van der Waals surface area contributed by atoms with Gasteiger partial charge in [-0.1, -0.05) is 13.8 Å². The molecule has 1 rings (SSSR count).